The molecule has 2 heterocycles. The Balaban J connectivity index is 1.51. The van der Waals surface area contributed by atoms with E-state index in [9.17, 15) is 18.5 Å². The molecule has 2 aromatic heterocycles. The SMILES string of the molecule is CC1(S(=O)(=O)c2ccc(Nc3nn([C@@H](CC#N)C4CC4)c4cc[nH]c(=O)c34)cc2)CC1. The molecular weight excluding hydrogens is 414 g/mol. The lowest BCUT2D eigenvalue weighted by Gasteiger charge is -2.14. The first-order chi connectivity index (χ1) is 14.8. The van der Waals surface area contributed by atoms with Crippen LogP contribution in [0.15, 0.2) is 46.2 Å². The van der Waals surface area contributed by atoms with Gasteiger partial charge in [-0.25, -0.2) is 8.42 Å². The van der Waals surface area contributed by atoms with E-state index in [1.54, 1.807) is 48.1 Å². The molecule has 1 aromatic carbocycles. The number of H-pyrrole nitrogens is 1. The highest BCUT2D eigenvalue weighted by Crippen LogP contribution is 2.46. The van der Waals surface area contributed by atoms with E-state index in [0.717, 1.165) is 12.8 Å². The van der Waals surface area contributed by atoms with Crippen molar-refractivity contribution in [1.29, 1.82) is 5.26 Å². The van der Waals surface area contributed by atoms with E-state index in [4.69, 9.17) is 0 Å². The number of nitriles is 1. The number of sulfone groups is 1. The lowest BCUT2D eigenvalue weighted by atomic mass is 10.1. The van der Waals surface area contributed by atoms with E-state index in [1.165, 1.54) is 0 Å². The Hall–Kier alpha value is -3.12. The van der Waals surface area contributed by atoms with Crippen LogP contribution < -0.4 is 10.9 Å². The maximum Gasteiger partial charge on any atom is 0.261 e. The van der Waals surface area contributed by atoms with Crippen LogP contribution in [0.3, 0.4) is 0 Å². The number of rotatable bonds is 7. The van der Waals surface area contributed by atoms with Gasteiger partial charge in [0.25, 0.3) is 5.56 Å². The van der Waals surface area contributed by atoms with E-state index in [2.05, 4.69) is 21.5 Å². The first-order valence-electron chi connectivity index (χ1n) is 10.4. The Morgan fingerprint density at radius 1 is 1.29 bits per heavy atom. The van der Waals surface area contributed by atoms with Crippen LogP contribution in [-0.2, 0) is 9.84 Å². The Labute approximate surface area is 179 Å². The molecule has 2 aliphatic rings. The molecule has 5 rings (SSSR count). The molecular formula is C22H23N5O3S. The molecule has 9 heteroatoms. The third kappa shape index (κ3) is 3.31. The molecule has 2 fully saturated rings. The summed E-state index contributed by atoms with van der Waals surface area (Å²) in [4.78, 5) is 15.6. The van der Waals surface area contributed by atoms with Crippen molar-refractivity contribution in [1.82, 2.24) is 14.8 Å². The van der Waals surface area contributed by atoms with Gasteiger partial charge in [0.05, 0.1) is 33.7 Å². The first-order valence-corrected chi connectivity index (χ1v) is 11.9. The molecule has 2 saturated carbocycles. The monoisotopic (exact) mass is 437 g/mol. The Bertz CT molecular complexity index is 1360. The predicted octanol–water partition coefficient (Wildman–Crippen LogP) is 3.66. The minimum atomic E-state index is -3.35. The van der Waals surface area contributed by atoms with Crippen molar-refractivity contribution in [3.8, 4) is 6.07 Å². The Kier molecular flexibility index (Phi) is 4.45. The quantitative estimate of drug-likeness (QED) is 0.582. The molecule has 3 aromatic rings. The van der Waals surface area contributed by atoms with Gasteiger partial charge in [0.1, 0.15) is 5.39 Å². The van der Waals surface area contributed by atoms with Gasteiger partial charge >= 0.3 is 0 Å². The van der Waals surface area contributed by atoms with Crippen LogP contribution in [-0.4, -0.2) is 27.9 Å². The standard InChI is InChI=1S/C22H23N5O3S/c1-22(10-11-22)31(29,30)16-6-4-15(5-7-16)25-20-19-18(9-13-24-21(19)28)27(26-20)17(8-12-23)14-2-3-14/h4-7,9,13-14,17H,2-3,8,10-11H2,1H3,(H,24,28)(H,25,26)/t17-/m0/s1. The maximum absolute atomic E-state index is 12.7. The van der Waals surface area contributed by atoms with E-state index in [0.29, 0.717) is 52.5 Å². The molecule has 0 unspecified atom stereocenters. The zero-order chi connectivity index (χ0) is 21.8. The number of aromatic nitrogens is 3. The molecule has 1 atom stereocenters. The van der Waals surface area contributed by atoms with Crippen LogP contribution in [0, 0.1) is 17.2 Å². The lowest BCUT2D eigenvalue weighted by Crippen LogP contribution is -2.19. The van der Waals surface area contributed by atoms with Crippen molar-refractivity contribution in [2.75, 3.05) is 5.32 Å². The number of benzene rings is 1. The summed E-state index contributed by atoms with van der Waals surface area (Å²) in [5, 5.41) is 17.5. The molecule has 0 aliphatic heterocycles. The van der Waals surface area contributed by atoms with E-state index in [-0.39, 0.29) is 11.6 Å². The second-order valence-electron chi connectivity index (χ2n) is 8.73. The van der Waals surface area contributed by atoms with Crippen molar-refractivity contribution >= 4 is 32.2 Å². The fourth-order valence-electron chi connectivity index (χ4n) is 4.05. The summed E-state index contributed by atoms with van der Waals surface area (Å²) in [6.45, 7) is 1.77. The summed E-state index contributed by atoms with van der Waals surface area (Å²) in [6.07, 6.45) is 5.39. The highest BCUT2D eigenvalue weighted by atomic mass is 32.2. The van der Waals surface area contributed by atoms with Crippen molar-refractivity contribution < 1.29 is 8.42 Å². The van der Waals surface area contributed by atoms with Crippen molar-refractivity contribution in [2.24, 2.45) is 5.92 Å². The molecule has 0 radical (unpaired) electrons. The van der Waals surface area contributed by atoms with Crippen LogP contribution in [0.1, 0.15) is 45.1 Å². The number of hydrogen-bond acceptors (Lipinski definition) is 6. The van der Waals surface area contributed by atoms with Crippen LogP contribution in [0.4, 0.5) is 11.5 Å². The van der Waals surface area contributed by atoms with E-state index < -0.39 is 14.6 Å². The number of pyridine rings is 1. The highest BCUT2D eigenvalue weighted by Gasteiger charge is 2.50. The van der Waals surface area contributed by atoms with E-state index in [1.807, 2.05) is 0 Å². The molecule has 0 spiro atoms. The molecule has 31 heavy (non-hydrogen) atoms. The van der Waals surface area contributed by atoms with Crippen LogP contribution >= 0.6 is 0 Å². The molecule has 0 saturated heterocycles. The average molecular weight is 438 g/mol. The zero-order valence-electron chi connectivity index (χ0n) is 17.1. The Morgan fingerprint density at radius 3 is 2.61 bits per heavy atom. The minimum absolute atomic E-state index is 0.0725. The third-order valence-electron chi connectivity index (χ3n) is 6.44. The van der Waals surface area contributed by atoms with Gasteiger partial charge in [-0.1, -0.05) is 0 Å². The van der Waals surface area contributed by atoms with Crippen LogP contribution in [0.25, 0.3) is 10.9 Å². The number of hydrogen-bond donors (Lipinski definition) is 2. The molecule has 160 valence electrons. The summed E-state index contributed by atoms with van der Waals surface area (Å²) in [6, 6.07) is 10.5. The zero-order valence-corrected chi connectivity index (χ0v) is 17.9. The van der Waals surface area contributed by atoms with Gasteiger partial charge in [-0.3, -0.25) is 9.48 Å². The minimum Gasteiger partial charge on any atom is -0.338 e. The first kappa shape index (κ1) is 19.8. The topological polar surface area (TPSA) is 121 Å². The largest absolute Gasteiger partial charge is 0.338 e. The average Bonchev–Trinajstić information content (AvgIpc) is 3.67. The second-order valence-corrected chi connectivity index (χ2v) is 11.2. The number of nitrogens with one attached hydrogen (secondary N) is 2. The molecule has 0 bridgehead atoms. The highest BCUT2D eigenvalue weighted by molar-refractivity contribution is 7.93. The Morgan fingerprint density at radius 2 is 2.00 bits per heavy atom. The van der Waals surface area contributed by atoms with Gasteiger partial charge < -0.3 is 10.3 Å². The summed E-state index contributed by atoms with van der Waals surface area (Å²) < 4.78 is 26.6. The predicted molar refractivity (Wildman–Crippen MR) is 117 cm³/mol. The number of aromatic amines is 1. The summed E-state index contributed by atoms with van der Waals surface area (Å²) in [5.41, 5.74) is 1.05. The van der Waals surface area contributed by atoms with Crippen LogP contribution in [0.5, 0.6) is 0 Å². The van der Waals surface area contributed by atoms with Crippen molar-refractivity contribution in [2.45, 2.75) is 54.7 Å². The summed E-state index contributed by atoms with van der Waals surface area (Å²) >= 11 is 0. The van der Waals surface area contributed by atoms with Gasteiger partial charge in [0, 0.05) is 11.9 Å². The third-order valence-corrected chi connectivity index (χ3v) is 9.04. The number of anilines is 2. The molecule has 2 aliphatic carbocycles. The lowest BCUT2D eigenvalue weighted by molar-refractivity contribution is 0.426. The maximum atomic E-state index is 12.7. The second kappa shape index (κ2) is 6.95. The van der Waals surface area contributed by atoms with Gasteiger partial charge in [-0.05, 0) is 68.9 Å². The molecule has 8 nitrogen and oxygen atoms in total. The van der Waals surface area contributed by atoms with Gasteiger partial charge in [-0.2, -0.15) is 10.4 Å². The summed E-state index contributed by atoms with van der Waals surface area (Å²) in [7, 11) is -3.35. The van der Waals surface area contributed by atoms with Gasteiger partial charge in [-0.15, -0.1) is 0 Å². The fraction of sp³-hybridized carbons (Fsp3) is 0.409. The van der Waals surface area contributed by atoms with Gasteiger partial charge in [0.2, 0.25) is 0 Å². The van der Waals surface area contributed by atoms with Crippen LogP contribution in [0.2, 0.25) is 0 Å². The number of nitrogens with zero attached hydrogens (tertiary/aromatic N) is 3. The van der Waals surface area contributed by atoms with Gasteiger partial charge in [0.15, 0.2) is 15.7 Å². The fourth-order valence-corrected chi connectivity index (χ4v) is 5.75. The number of fused-ring (bicyclic) bond motifs is 1. The van der Waals surface area contributed by atoms with Crippen molar-refractivity contribution in [3.63, 3.8) is 0 Å². The molecule has 2 N–H and O–H groups in total. The summed E-state index contributed by atoms with van der Waals surface area (Å²) in [5.74, 6) is 0.786. The van der Waals surface area contributed by atoms with Crippen molar-refractivity contribution in [3.05, 3.63) is 46.9 Å². The smallest absolute Gasteiger partial charge is 0.261 e. The van der Waals surface area contributed by atoms with E-state index >= 15 is 0 Å². The normalized spacial score (nSPS) is 18.5. The molecule has 0 amide bonds.